The standard InChI is InChI=1S/C13H16Br2N2O3/c1-8-6-9(14)12(10(15)7-8)17-13(20)16-5-3-2-4-11(18)19/h6-7H,2-5H2,1H3,(H,18,19)(H2,16,17,20). The molecule has 0 saturated carbocycles. The largest absolute Gasteiger partial charge is 0.481 e. The molecule has 0 aliphatic carbocycles. The zero-order chi connectivity index (χ0) is 15.1. The highest BCUT2D eigenvalue weighted by Crippen LogP contribution is 2.32. The Labute approximate surface area is 134 Å². The molecular formula is C13H16Br2N2O3. The van der Waals surface area contributed by atoms with E-state index in [2.05, 4.69) is 42.5 Å². The number of carboxylic acid groups (broad SMARTS) is 1. The van der Waals surface area contributed by atoms with Gasteiger partial charge in [-0.2, -0.15) is 0 Å². The first-order valence-electron chi connectivity index (χ1n) is 6.12. The van der Waals surface area contributed by atoms with Crippen LogP contribution in [-0.2, 0) is 4.79 Å². The quantitative estimate of drug-likeness (QED) is 0.625. The number of nitrogens with one attached hydrogen (secondary N) is 2. The molecule has 0 bridgehead atoms. The summed E-state index contributed by atoms with van der Waals surface area (Å²) in [4.78, 5) is 22.0. The van der Waals surface area contributed by atoms with Gasteiger partial charge >= 0.3 is 12.0 Å². The summed E-state index contributed by atoms with van der Waals surface area (Å²) in [6.45, 7) is 2.40. The molecule has 0 saturated heterocycles. The number of rotatable bonds is 6. The maximum atomic E-state index is 11.7. The number of carbonyl (C=O) groups is 2. The minimum Gasteiger partial charge on any atom is -0.481 e. The highest BCUT2D eigenvalue weighted by Gasteiger charge is 2.09. The molecule has 0 aromatic heterocycles. The molecule has 7 heteroatoms. The molecule has 2 amide bonds. The normalized spacial score (nSPS) is 10.2. The number of carbonyl (C=O) groups excluding carboxylic acids is 1. The molecule has 0 fully saturated rings. The summed E-state index contributed by atoms with van der Waals surface area (Å²) >= 11 is 6.80. The molecule has 0 aliphatic rings. The van der Waals surface area contributed by atoms with Crippen molar-refractivity contribution in [3.63, 3.8) is 0 Å². The van der Waals surface area contributed by atoms with Gasteiger partial charge in [0, 0.05) is 21.9 Å². The van der Waals surface area contributed by atoms with E-state index in [-0.39, 0.29) is 12.5 Å². The molecule has 0 unspecified atom stereocenters. The number of aliphatic carboxylic acids is 1. The fourth-order valence-electron chi connectivity index (χ4n) is 1.58. The lowest BCUT2D eigenvalue weighted by atomic mass is 10.2. The Bertz CT molecular complexity index is 483. The SMILES string of the molecule is Cc1cc(Br)c(NC(=O)NCCCCC(=O)O)c(Br)c1. The summed E-state index contributed by atoms with van der Waals surface area (Å²) in [6, 6.07) is 3.51. The van der Waals surface area contributed by atoms with E-state index in [4.69, 9.17) is 5.11 Å². The van der Waals surface area contributed by atoms with Crippen LogP contribution in [0.3, 0.4) is 0 Å². The average molecular weight is 408 g/mol. The van der Waals surface area contributed by atoms with Crippen molar-refractivity contribution in [1.82, 2.24) is 5.32 Å². The predicted octanol–water partition coefficient (Wildman–Crippen LogP) is 3.90. The van der Waals surface area contributed by atoms with Gasteiger partial charge in [-0.25, -0.2) is 4.79 Å². The Kier molecular flexibility index (Phi) is 7.01. The van der Waals surface area contributed by atoms with Crippen LogP contribution < -0.4 is 10.6 Å². The molecule has 1 aromatic carbocycles. The van der Waals surface area contributed by atoms with Gasteiger partial charge in [0.05, 0.1) is 5.69 Å². The monoisotopic (exact) mass is 406 g/mol. The van der Waals surface area contributed by atoms with Crippen LogP contribution >= 0.6 is 31.9 Å². The van der Waals surface area contributed by atoms with Gasteiger partial charge in [0.1, 0.15) is 0 Å². The number of benzene rings is 1. The van der Waals surface area contributed by atoms with E-state index in [0.717, 1.165) is 14.5 Å². The topological polar surface area (TPSA) is 78.4 Å². The first-order valence-corrected chi connectivity index (χ1v) is 7.71. The Morgan fingerprint density at radius 3 is 2.35 bits per heavy atom. The van der Waals surface area contributed by atoms with Crippen LogP contribution in [0.1, 0.15) is 24.8 Å². The molecule has 0 radical (unpaired) electrons. The first-order chi connectivity index (χ1) is 9.40. The van der Waals surface area contributed by atoms with E-state index in [1.165, 1.54) is 0 Å². The van der Waals surface area contributed by atoms with Crippen LogP contribution in [0, 0.1) is 6.92 Å². The van der Waals surface area contributed by atoms with Gasteiger partial charge in [-0.15, -0.1) is 0 Å². The summed E-state index contributed by atoms with van der Waals surface area (Å²) in [5.41, 5.74) is 1.74. The summed E-state index contributed by atoms with van der Waals surface area (Å²) in [5, 5.41) is 13.9. The third-order valence-corrected chi connectivity index (χ3v) is 3.78. The summed E-state index contributed by atoms with van der Waals surface area (Å²) < 4.78 is 1.59. The molecule has 0 spiro atoms. The van der Waals surface area contributed by atoms with E-state index in [0.29, 0.717) is 25.1 Å². The Balaban J connectivity index is 2.41. The van der Waals surface area contributed by atoms with Crippen molar-refractivity contribution in [3.05, 3.63) is 26.6 Å². The van der Waals surface area contributed by atoms with Crippen LogP contribution in [0.5, 0.6) is 0 Å². The molecule has 20 heavy (non-hydrogen) atoms. The van der Waals surface area contributed by atoms with Gasteiger partial charge in [0.15, 0.2) is 0 Å². The molecule has 0 atom stereocenters. The molecular weight excluding hydrogens is 392 g/mol. The first kappa shape index (κ1) is 17.0. The molecule has 3 N–H and O–H groups in total. The number of carboxylic acids is 1. The van der Waals surface area contributed by atoms with Crippen LogP contribution in [0.4, 0.5) is 10.5 Å². The lowest BCUT2D eigenvalue weighted by Gasteiger charge is -2.11. The molecule has 110 valence electrons. The Morgan fingerprint density at radius 2 is 1.80 bits per heavy atom. The zero-order valence-corrected chi connectivity index (χ0v) is 14.2. The maximum Gasteiger partial charge on any atom is 0.319 e. The average Bonchev–Trinajstić information content (AvgIpc) is 2.33. The maximum absolute atomic E-state index is 11.7. The predicted molar refractivity (Wildman–Crippen MR) is 85.1 cm³/mol. The summed E-state index contributed by atoms with van der Waals surface area (Å²) in [5.74, 6) is -0.818. The number of anilines is 1. The lowest BCUT2D eigenvalue weighted by Crippen LogP contribution is -2.29. The second-order valence-electron chi connectivity index (χ2n) is 4.34. The third-order valence-electron chi connectivity index (χ3n) is 2.53. The van der Waals surface area contributed by atoms with Crippen molar-refractivity contribution in [3.8, 4) is 0 Å². The Morgan fingerprint density at radius 1 is 1.20 bits per heavy atom. The lowest BCUT2D eigenvalue weighted by molar-refractivity contribution is -0.137. The van der Waals surface area contributed by atoms with Gasteiger partial charge in [0.2, 0.25) is 0 Å². The molecule has 0 heterocycles. The van der Waals surface area contributed by atoms with Crippen LogP contribution in [0.25, 0.3) is 0 Å². The smallest absolute Gasteiger partial charge is 0.319 e. The zero-order valence-electron chi connectivity index (χ0n) is 11.0. The van der Waals surface area contributed by atoms with E-state index in [9.17, 15) is 9.59 Å². The second kappa shape index (κ2) is 8.26. The van der Waals surface area contributed by atoms with Crippen molar-refractivity contribution in [2.75, 3.05) is 11.9 Å². The molecule has 1 rings (SSSR count). The van der Waals surface area contributed by atoms with Crippen molar-refractivity contribution in [2.45, 2.75) is 26.2 Å². The van der Waals surface area contributed by atoms with Crippen molar-refractivity contribution >= 4 is 49.5 Å². The fraction of sp³-hybridized carbons (Fsp3) is 0.385. The fourth-order valence-corrected chi connectivity index (χ4v) is 3.19. The van der Waals surface area contributed by atoms with Gasteiger partial charge in [-0.3, -0.25) is 4.79 Å². The minimum absolute atomic E-state index is 0.123. The van der Waals surface area contributed by atoms with Gasteiger partial charge in [-0.05, 0) is 69.3 Å². The number of amides is 2. The van der Waals surface area contributed by atoms with E-state index >= 15 is 0 Å². The van der Waals surface area contributed by atoms with Gasteiger partial charge < -0.3 is 15.7 Å². The number of hydrogen-bond donors (Lipinski definition) is 3. The molecule has 0 aliphatic heterocycles. The highest BCUT2D eigenvalue weighted by atomic mass is 79.9. The summed E-state index contributed by atoms with van der Waals surface area (Å²) in [7, 11) is 0. The highest BCUT2D eigenvalue weighted by molar-refractivity contribution is 9.11. The van der Waals surface area contributed by atoms with Crippen molar-refractivity contribution < 1.29 is 14.7 Å². The van der Waals surface area contributed by atoms with Crippen molar-refractivity contribution in [2.24, 2.45) is 0 Å². The van der Waals surface area contributed by atoms with E-state index in [1.54, 1.807) is 0 Å². The van der Waals surface area contributed by atoms with E-state index in [1.807, 2.05) is 19.1 Å². The van der Waals surface area contributed by atoms with Crippen molar-refractivity contribution in [1.29, 1.82) is 0 Å². The van der Waals surface area contributed by atoms with Crippen LogP contribution in [0.2, 0.25) is 0 Å². The van der Waals surface area contributed by atoms with Crippen LogP contribution in [0.15, 0.2) is 21.1 Å². The van der Waals surface area contributed by atoms with Crippen LogP contribution in [-0.4, -0.2) is 23.7 Å². The third kappa shape index (κ3) is 5.92. The number of aryl methyl sites for hydroxylation is 1. The molecule has 1 aromatic rings. The minimum atomic E-state index is -0.818. The number of halogens is 2. The Hall–Kier alpha value is -1.08. The second-order valence-corrected chi connectivity index (χ2v) is 6.04. The van der Waals surface area contributed by atoms with Gasteiger partial charge in [0.25, 0.3) is 0 Å². The van der Waals surface area contributed by atoms with E-state index < -0.39 is 5.97 Å². The number of unbranched alkanes of at least 4 members (excludes halogenated alkanes) is 1. The molecule has 5 nitrogen and oxygen atoms in total. The number of hydrogen-bond acceptors (Lipinski definition) is 2. The van der Waals surface area contributed by atoms with Gasteiger partial charge in [-0.1, -0.05) is 0 Å². The number of urea groups is 1. The summed E-state index contributed by atoms with van der Waals surface area (Å²) in [6.07, 6.45) is 1.31.